The van der Waals surface area contributed by atoms with Crippen LogP contribution in [0.3, 0.4) is 0 Å². The number of carbonyl (C=O) groups excluding carboxylic acids is 1. The molecule has 0 radical (unpaired) electrons. The highest BCUT2D eigenvalue weighted by Crippen LogP contribution is 2.15. The van der Waals surface area contributed by atoms with E-state index in [9.17, 15) is 18.4 Å². The molecule has 0 spiro atoms. The van der Waals surface area contributed by atoms with Crippen LogP contribution >= 0.6 is 0 Å². The van der Waals surface area contributed by atoms with E-state index in [1.54, 1.807) is 31.2 Å². The molecule has 1 amide bonds. The van der Waals surface area contributed by atoms with Crippen LogP contribution in [-0.2, 0) is 21.1 Å². The third kappa shape index (κ3) is 5.21. The Bertz CT molecular complexity index is 626. The number of nitrogens with zero attached hydrogens (tertiary/aromatic N) is 1. The minimum atomic E-state index is -3.55. The Morgan fingerprint density at radius 2 is 1.95 bits per heavy atom. The first-order chi connectivity index (χ1) is 9.90. The zero-order valence-electron chi connectivity index (χ0n) is 12.1. The maximum absolute atomic E-state index is 12.2. The van der Waals surface area contributed by atoms with Crippen LogP contribution in [-0.4, -0.2) is 36.9 Å². The number of hydroxylamine groups is 2. The molecule has 0 aliphatic carbocycles. The van der Waals surface area contributed by atoms with Crippen LogP contribution in [0.1, 0.15) is 25.8 Å². The standard InChI is InChI=1S/C15H19NO4S/c1-3-4-5-6-14-7-9-15(10-8-14)21(19,20)11-13(2)16(18)12-17/h7-10,12-13,18H,5-6,11H2,1-2H3. The molecule has 6 heteroatoms. The molecule has 114 valence electrons. The van der Waals surface area contributed by atoms with Gasteiger partial charge in [0.2, 0.25) is 6.41 Å². The molecule has 1 aromatic carbocycles. The number of hydrogen-bond donors (Lipinski definition) is 1. The normalized spacial score (nSPS) is 12.1. The van der Waals surface area contributed by atoms with Crippen molar-refractivity contribution in [2.45, 2.75) is 37.6 Å². The molecule has 0 bridgehead atoms. The highest BCUT2D eigenvalue weighted by Gasteiger charge is 2.21. The van der Waals surface area contributed by atoms with Gasteiger partial charge in [-0.2, -0.15) is 0 Å². The summed E-state index contributed by atoms with van der Waals surface area (Å²) in [5.41, 5.74) is 1.02. The van der Waals surface area contributed by atoms with Gasteiger partial charge in [-0.25, -0.2) is 13.5 Å². The number of carbonyl (C=O) groups is 1. The second-order valence-corrected chi connectivity index (χ2v) is 6.72. The zero-order chi connectivity index (χ0) is 15.9. The van der Waals surface area contributed by atoms with Gasteiger partial charge in [0.25, 0.3) is 0 Å². The van der Waals surface area contributed by atoms with E-state index in [1.165, 1.54) is 6.92 Å². The summed E-state index contributed by atoms with van der Waals surface area (Å²) in [6.45, 7) is 3.24. The van der Waals surface area contributed by atoms with Crippen molar-refractivity contribution >= 4 is 16.2 Å². The van der Waals surface area contributed by atoms with E-state index in [0.717, 1.165) is 18.4 Å². The predicted molar refractivity (Wildman–Crippen MR) is 79.4 cm³/mol. The van der Waals surface area contributed by atoms with Crippen molar-refractivity contribution in [3.63, 3.8) is 0 Å². The second-order valence-electron chi connectivity index (χ2n) is 4.69. The molecule has 0 heterocycles. The van der Waals surface area contributed by atoms with Gasteiger partial charge >= 0.3 is 0 Å². The van der Waals surface area contributed by atoms with Crippen molar-refractivity contribution in [1.29, 1.82) is 0 Å². The Balaban J connectivity index is 2.79. The molecular formula is C15H19NO4S. The van der Waals surface area contributed by atoms with Crippen molar-refractivity contribution in [3.8, 4) is 11.8 Å². The summed E-state index contributed by atoms with van der Waals surface area (Å²) in [5, 5.41) is 9.55. The lowest BCUT2D eigenvalue weighted by Crippen LogP contribution is -2.34. The minimum Gasteiger partial charge on any atom is -0.286 e. The molecule has 0 aliphatic heterocycles. The fraction of sp³-hybridized carbons (Fsp3) is 0.400. The van der Waals surface area contributed by atoms with Crippen molar-refractivity contribution < 1.29 is 18.4 Å². The maximum atomic E-state index is 12.2. The average Bonchev–Trinajstić information content (AvgIpc) is 2.46. The number of amides is 1. The smallest absolute Gasteiger partial charge is 0.233 e. The van der Waals surface area contributed by atoms with Gasteiger partial charge in [0.05, 0.1) is 16.7 Å². The molecular weight excluding hydrogens is 290 g/mol. The summed E-state index contributed by atoms with van der Waals surface area (Å²) >= 11 is 0. The quantitative estimate of drug-likeness (QED) is 0.360. The van der Waals surface area contributed by atoms with Crippen LogP contribution in [0.2, 0.25) is 0 Å². The number of benzene rings is 1. The molecule has 0 aromatic heterocycles. The Kier molecular flexibility index (Phi) is 6.40. The van der Waals surface area contributed by atoms with Crippen LogP contribution in [0, 0.1) is 11.8 Å². The number of hydrogen-bond acceptors (Lipinski definition) is 4. The predicted octanol–water partition coefficient (Wildman–Crippen LogP) is 1.65. The van der Waals surface area contributed by atoms with Gasteiger partial charge in [0.15, 0.2) is 9.84 Å². The lowest BCUT2D eigenvalue weighted by molar-refractivity contribution is -0.156. The largest absolute Gasteiger partial charge is 0.286 e. The molecule has 0 saturated carbocycles. The summed E-state index contributed by atoms with van der Waals surface area (Å²) in [6.07, 6.45) is 1.70. The summed E-state index contributed by atoms with van der Waals surface area (Å²) in [7, 11) is -3.55. The van der Waals surface area contributed by atoms with Crippen LogP contribution in [0.4, 0.5) is 0 Å². The summed E-state index contributed by atoms with van der Waals surface area (Å²) in [4.78, 5) is 10.6. The lowest BCUT2D eigenvalue weighted by Gasteiger charge is -2.17. The van der Waals surface area contributed by atoms with E-state index in [1.807, 2.05) is 0 Å². The fourth-order valence-electron chi connectivity index (χ4n) is 1.79. The van der Waals surface area contributed by atoms with E-state index in [2.05, 4.69) is 11.8 Å². The van der Waals surface area contributed by atoms with Gasteiger partial charge in [0, 0.05) is 6.42 Å². The first-order valence-electron chi connectivity index (χ1n) is 6.54. The molecule has 1 N–H and O–H groups in total. The van der Waals surface area contributed by atoms with Gasteiger partial charge in [0.1, 0.15) is 0 Å². The lowest BCUT2D eigenvalue weighted by atomic mass is 10.1. The van der Waals surface area contributed by atoms with Crippen LogP contribution in [0.15, 0.2) is 29.2 Å². The second kappa shape index (κ2) is 7.81. The molecule has 0 fully saturated rings. The molecule has 5 nitrogen and oxygen atoms in total. The van der Waals surface area contributed by atoms with Crippen molar-refractivity contribution in [1.82, 2.24) is 5.06 Å². The fourth-order valence-corrected chi connectivity index (χ4v) is 3.32. The van der Waals surface area contributed by atoms with Gasteiger partial charge in [-0.1, -0.05) is 12.1 Å². The Labute approximate surface area is 125 Å². The van der Waals surface area contributed by atoms with Crippen LogP contribution in [0.25, 0.3) is 0 Å². The zero-order valence-corrected chi connectivity index (χ0v) is 12.9. The van der Waals surface area contributed by atoms with Crippen LogP contribution in [0.5, 0.6) is 0 Å². The third-order valence-corrected chi connectivity index (χ3v) is 4.93. The summed E-state index contributed by atoms with van der Waals surface area (Å²) in [6, 6.07) is 5.79. The van der Waals surface area contributed by atoms with E-state index in [0.29, 0.717) is 5.06 Å². The number of sulfone groups is 1. The summed E-state index contributed by atoms with van der Waals surface area (Å²) in [5.74, 6) is 5.43. The van der Waals surface area contributed by atoms with Crippen LogP contribution < -0.4 is 0 Å². The van der Waals surface area contributed by atoms with E-state index < -0.39 is 15.9 Å². The van der Waals surface area contributed by atoms with E-state index in [-0.39, 0.29) is 17.1 Å². The highest BCUT2D eigenvalue weighted by molar-refractivity contribution is 7.91. The van der Waals surface area contributed by atoms with Gasteiger partial charge < -0.3 is 0 Å². The first kappa shape index (κ1) is 17.2. The number of aryl methyl sites for hydroxylation is 1. The Morgan fingerprint density at radius 3 is 2.48 bits per heavy atom. The van der Waals surface area contributed by atoms with Gasteiger partial charge in [-0.05, 0) is 38.0 Å². The average molecular weight is 309 g/mol. The Hall–Kier alpha value is -1.84. The third-order valence-electron chi connectivity index (χ3n) is 3.02. The Morgan fingerprint density at radius 1 is 1.33 bits per heavy atom. The van der Waals surface area contributed by atoms with Crippen molar-refractivity contribution in [2.24, 2.45) is 0 Å². The minimum absolute atomic E-state index is 0.180. The van der Waals surface area contributed by atoms with Gasteiger partial charge in [-0.15, -0.1) is 11.8 Å². The SMILES string of the molecule is CC#CCCc1ccc(S(=O)(=O)CC(C)N(O)C=O)cc1. The molecule has 1 unspecified atom stereocenters. The van der Waals surface area contributed by atoms with E-state index in [4.69, 9.17) is 0 Å². The maximum Gasteiger partial charge on any atom is 0.233 e. The van der Waals surface area contributed by atoms with Gasteiger partial charge in [-0.3, -0.25) is 10.0 Å². The summed E-state index contributed by atoms with van der Waals surface area (Å²) < 4.78 is 24.3. The molecule has 21 heavy (non-hydrogen) atoms. The van der Waals surface area contributed by atoms with Crippen molar-refractivity contribution in [3.05, 3.63) is 29.8 Å². The molecule has 0 saturated heterocycles. The van der Waals surface area contributed by atoms with E-state index >= 15 is 0 Å². The number of rotatable bonds is 7. The molecule has 0 aliphatic rings. The molecule has 1 atom stereocenters. The highest BCUT2D eigenvalue weighted by atomic mass is 32.2. The molecule has 1 rings (SSSR count). The topological polar surface area (TPSA) is 74.7 Å². The molecule has 1 aromatic rings. The first-order valence-corrected chi connectivity index (χ1v) is 8.19. The monoisotopic (exact) mass is 309 g/mol. The van der Waals surface area contributed by atoms with Crippen molar-refractivity contribution in [2.75, 3.05) is 5.75 Å².